The fourth-order valence-electron chi connectivity index (χ4n) is 3.39. The first-order chi connectivity index (χ1) is 17.4. The van der Waals surface area contributed by atoms with E-state index in [-0.39, 0.29) is 22.9 Å². The van der Waals surface area contributed by atoms with E-state index in [0.29, 0.717) is 21.1 Å². The van der Waals surface area contributed by atoms with Crippen molar-refractivity contribution in [3.63, 3.8) is 0 Å². The summed E-state index contributed by atoms with van der Waals surface area (Å²) in [5, 5.41) is 6.75. The Balaban J connectivity index is 1.58. The first kappa shape index (κ1) is 24.2. The molecule has 0 radical (unpaired) electrons. The number of anilines is 1. The van der Waals surface area contributed by atoms with Gasteiger partial charge in [0.1, 0.15) is 5.82 Å². The fraction of sp³-hybridized carbons (Fsp3) is 0.120. The third-order valence-electron chi connectivity index (χ3n) is 5.08. The van der Waals surface area contributed by atoms with E-state index in [9.17, 15) is 18.8 Å². The van der Waals surface area contributed by atoms with Gasteiger partial charge in [-0.3, -0.25) is 9.59 Å². The number of amides is 1. The van der Waals surface area contributed by atoms with E-state index in [2.05, 4.69) is 15.4 Å². The molecule has 4 aromatic rings. The Morgan fingerprint density at radius 2 is 1.72 bits per heavy atom. The highest BCUT2D eigenvalue weighted by Crippen LogP contribution is 2.38. The van der Waals surface area contributed by atoms with E-state index in [1.54, 1.807) is 30.3 Å². The number of aromatic nitrogens is 2. The summed E-state index contributed by atoms with van der Waals surface area (Å²) in [5.74, 6) is -0.635. The van der Waals surface area contributed by atoms with Gasteiger partial charge in [0.05, 0.1) is 37.0 Å². The topological polar surface area (TPSA) is 124 Å². The van der Waals surface area contributed by atoms with E-state index in [4.69, 9.17) is 14.2 Å². The van der Waals surface area contributed by atoms with E-state index in [1.807, 2.05) is 0 Å². The zero-order valence-corrected chi connectivity index (χ0v) is 19.3. The maximum Gasteiger partial charge on any atom is 0.349 e. The van der Waals surface area contributed by atoms with Crippen LogP contribution >= 0.6 is 0 Å². The number of benzene rings is 3. The summed E-state index contributed by atoms with van der Waals surface area (Å²) in [7, 11) is 2.78. The molecule has 11 heteroatoms. The first-order valence-corrected chi connectivity index (χ1v) is 10.6. The number of hydrogen-bond acceptors (Lipinski definition) is 7. The van der Waals surface area contributed by atoms with Crippen molar-refractivity contribution in [1.29, 1.82) is 0 Å². The maximum absolute atomic E-state index is 13.8. The second-order valence-electron chi connectivity index (χ2n) is 7.41. The average molecular weight is 492 g/mol. The van der Waals surface area contributed by atoms with Gasteiger partial charge in [-0.1, -0.05) is 24.3 Å². The number of carbonyl (C=O) groups is 1. The van der Waals surface area contributed by atoms with Gasteiger partial charge in [-0.25, -0.2) is 9.18 Å². The molecular weight excluding hydrogens is 471 g/mol. The van der Waals surface area contributed by atoms with Crippen molar-refractivity contribution in [3.05, 3.63) is 92.9 Å². The van der Waals surface area contributed by atoms with Gasteiger partial charge in [0.2, 0.25) is 5.75 Å². The number of hydrogen-bond donors (Lipinski definition) is 2. The zero-order chi connectivity index (χ0) is 25.7. The van der Waals surface area contributed by atoms with Crippen LogP contribution in [0.1, 0.15) is 5.56 Å². The minimum absolute atomic E-state index is 0.0236. The maximum atomic E-state index is 13.8. The molecule has 0 aliphatic carbocycles. The summed E-state index contributed by atoms with van der Waals surface area (Å²) in [5.41, 5.74) is -0.426. The molecule has 0 bridgehead atoms. The van der Waals surface area contributed by atoms with Gasteiger partial charge in [-0.15, -0.1) is 4.68 Å². The predicted octanol–water partition coefficient (Wildman–Crippen LogP) is 2.75. The largest absolute Gasteiger partial charge is 0.493 e. The van der Waals surface area contributed by atoms with Crippen molar-refractivity contribution in [2.75, 3.05) is 26.1 Å². The Kier molecular flexibility index (Phi) is 7.10. The monoisotopic (exact) mass is 492 g/mol. The number of nitrogens with zero attached hydrogens (tertiary/aromatic N) is 2. The fourth-order valence-corrected chi connectivity index (χ4v) is 3.39. The highest BCUT2D eigenvalue weighted by atomic mass is 19.1. The lowest BCUT2D eigenvalue weighted by atomic mass is 10.2. The van der Waals surface area contributed by atoms with E-state index in [1.165, 1.54) is 50.8 Å². The van der Waals surface area contributed by atoms with Gasteiger partial charge < -0.3 is 24.5 Å². The van der Waals surface area contributed by atoms with Gasteiger partial charge in [-0.05, 0) is 36.4 Å². The number of rotatable bonds is 8. The molecule has 184 valence electrons. The van der Waals surface area contributed by atoms with Crippen molar-refractivity contribution < 1.29 is 23.4 Å². The second kappa shape index (κ2) is 10.6. The lowest BCUT2D eigenvalue weighted by molar-refractivity contribution is -0.118. The number of para-hydroxylation sites is 2. The van der Waals surface area contributed by atoms with E-state index in [0.717, 1.165) is 0 Å². The molecule has 1 heterocycles. The van der Waals surface area contributed by atoms with Crippen LogP contribution in [0.2, 0.25) is 0 Å². The number of fused-ring (bicyclic) bond motifs is 1. The molecule has 0 fully saturated rings. The van der Waals surface area contributed by atoms with Crippen LogP contribution in [-0.4, -0.2) is 42.6 Å². The molecule has 2 N–H and O–H groups in total. The predicted molar refractivity (Wildman–Crippen MR) is 132 cm³/mol. The summed E-state index contributed by atoms with van der Waals surface area (Å²) in [6.07, 6.45) is 1.28. The van der Waals surface area contributed by atoms with Crippen molar-refractivity contribution in [3.8, 4) is 17.2 Å². The van der Waals surface area contributed by atoms with Crippen molar-refractivity contribution in [2.45, 2.75) is 0 Å². The molecule has 36 heavy (non-hydrogen) atoms. The normalized spacial score (nSPS) is 11.0. The second-order valence-corrected chi connectivity index (χ2v) is 7.41. The van der Waals surface area contributed by atoms with Crippen molar-refractivity contribution >= 4 is 28.7 Å². The molecule has 1 aromatic heterocycles. The van der Waals surface area contributed by atoms with Gasteiger partial charge in [0.25, 0.3) is 11.5 Å². The van der Waals surface area contributed by atoms with Gasteiger partial charge in [-0.2, -0.15) is 5.10 Å². The highest BCUT2D eigenvalue weighted by molar-refractivity contribution is 5.92. The third-order valence-corrected chi connectivity index (χ3v) is 5.08. The summed E-state index contributed by atoms with van der Waals surface area (Å²) in [6.45, 7) is -0.448. The molecule has 1 amide bonds. The van der Waals surface area contributed by atoms with Crippen LogP contribution in [0.25, 0.3) is 10.9 Å². The lowest BCUT2D eigenvalue weighted by Crippen LogP contribution is -2.32. The number of carbonyl (C=O) groups excluding carboxylic acids is 1. The van der Waals surface area contributed by atoms with Crippen LogP contribution in [0.15, 0.2) is 75.4 Å². The Morgan fingerprint density at radius 1 is 1.06 bits per heavy atom. The molecule has 0 atom stereocenters. The summed E-state index contributed by atoms with van der Waals surface area (Å²) >= 11 is 0. The molecule has 0 aliphatic heterocycles. The molecule has 3 aromatic carbocycles. The molecular formula is C25H21FN4O6. The SMILES string of the molecule is COc1cc(C=Nn2c(=O)[nH]c3ccccc3c2=O)cc(OC)c1OCC(=O)Nc1ccccc1F. The summed E-state index contributed by atoms with van der Waals surface area (Å²) < 4.78 is 30.8. The van der Waals surface area contributed by atoms with Crippen LogP contribution in [0.3, 0.4) is 0 Å². The smallest absolute Gasteiger partial charge is 0.349 e. The Bertz CT molecular complexity index is 1550. The van der Waals surface area contributed by atoms with Crippen LogP contribution in [0.4, 0.5) is 10.1 Å². The summed E-state index contributed by atoms with van der Waals surface area (Å²) in [4.78, 5) is 39.9. The average Bonchev–Trinajstić information content (AvgIpc) is 2.88. The quantitative estimate of drug-likeness (QED) is 0.365. The third kappa shape index (κ3) is 5.09. The minimum Gasteiger partial charge on any atom is -0.493 e. The number of methoxy groups -OCH3 is 2. The molecule has 0 aliphatic rings. The molecule has 4 rings (SSSR count). The molecule has 10 nitrogen and oxygen atoms in total. The molecule has 0 saturated carbocycles. The highest BCUT2D eigenvalue weighted by Gasteiger charge is 2.16. The Morgan fingerprint density at radius 3 is 2.42 bits per heavy atom. The number of nitrogens with one attached hydrogen (secondary N) is 2. The summed E-state index contributed by atoms with van der Waals surface area (Å²) in [6, 6.07) is 15.4. The standard InChI is InChI=1S/C25H21FN4O6/c1-34-20-11-15(13-27-30-24(32)16-7-3-5-9-18(16)29-25(30)33)12-21(35-2)23(20)36-14-22(31)28-19-10-6-4-8-17(19)26/h3-13H,14H2,1-2H3,(H,28,31)(H,29,33). The lowest BCUT2D eigenvalue weighted by Gasteiger charge is -2.15. The van der Waals surface area contributed by atoms with Crippen molar-refractivity contribution in [1.82, 2.24) is 9.66 Å². The Hall–Kier alpha value is -4.93. The Labute approximate surface area is 203 Å². The van der Waals surface area contributed by atoms with E-state index < -0.39 is 29.6 Å². The van der Waals surface area contributed by atoms with Crippen molar-refractivity contribution in [2.24, 2.45) is 5.10 Å². The van der Waals surface area contributed by atoms with E-state index >= 15 is 0 Å². The van der Waals surface area contributed by atoms with Gasteiger partial charge in [0.15, 0.2) is 18.1 Å². The van der Waals surface area contributed by atoms with Gasteiger partial charge >= 0.3 is 5.69 Å². The van der Waals surface area contributed by atoms with Crippen LogP contribution < -0.4 is 30.8 Å². The number of halogens is 1. The zero-order valence-electron chi connectivity index (χ0n) is 19.3. The molecule has 0 spiro atoms. The number of ether oxygens (including phenoxy) is 3. The first-order valence-electron chi connectivity index (χ1n) is 10.6. The van der Waals surface area contributed by atoms with Crippen LogP contribution in [0.5, 0.6) is 17.2 Å². The van der Waals surface area contributed by atoms with Crippen LogP contribution in [0, 0.1) is 5.82 Å². The minimum atomic E-state index is -0.699. The number of aromatic amines is 1. The molecule has 0 unspecified atom stereocenters. The number of H-pyrrole nitrogens is 1. The van der Waals surface area contributed by atoms with Gasteiger partial charge in [0, 0.05) is 5.56 Å². The van der Waals surface area contributed by atoms with Crippen LogP contribution in [-0.2, 0) is 4.79 Å². The molecule has 0 saturated heterocycles.